The highest BCUT2D eigenvalue weighted by Crippen LogP contribution is 2.28. The molecule has 2 aromatic carbocycles. The Morgan fingerprint density at radius 3 is 2.48 bits per heavy atom. The molecule has 1 aliphatic heterocycles. The molecule has 1 saturated heterocycles. The van der Waals surface area contributed by atoms with Gasteiger partial charge in [0.2, 0.25) is 5.91 Å². The highest BCUT2D eigenvalue weighted by atomic mass is 16.3. The van der Waals surface area contributed by atoms with Crippen LogP contribution in [0.3, 0.4) is 0 Å². The Bertz CT molecular complexity index is 697. The van der Waals surface area contributed by atoms with E-state index in [9.17, 15) is 9.90 Å². The van der Waals surface area contributed by atoms with Crippen LogP contribution >= 0.6 is 0 Å². The number of carbonyl (C=O) groups is 1. The number of para-hydroxylation sites is 2. The lowest BCUT2D eigenvalue weighted by Gasteiger charge is -2.32. The van der Waals surface area contributed by atoms with Crippen molar-refractivity contribution in [3.8, 4) is 0 Å². The zero-order valence-corrected chi connectivity index (χ0v) is 14.3. The average molecular weight is 339 g/mol. The van der Waals surface area contributed by atoms with Crippen molar-refractivity contribution >= 4 is 17.3 Å². The van der Waals surface area contributed by atoms with Gasteiger partial charge in [-0.05, 0) is 30.5 Å². The van der Waals surface area contributed by atoms with Gasteiger partial charge in [-0.15, -0.1) is 0 Å². The predicted octanol–water partition coefficient (Wildman–Crippen LogP) is 2.68. The summed E-state index contributed by atoms with van der Waals surface area (Å²) in [5.41, 5.74) is 8.89. The van der Waals surface area contributed by atoms with Crippen molar-refractivity contribution in [1.29, 1.82) is 0 Å². The molecule has 5 nitrogen and oxygen atoms in total. The van der Waals surface area contributed by atoms with Gasteiger partial charge in [0.25, 0.3) is 0 Å². The molecule has 0 spiro atoms. The van der Waals surface area contributed by atoms with Gasteiger partial charge in [-0.2, -0.15) is 0 Å². The summed E-state index contributed by atoms with van der Waals surface area (Å²) >= 11 is 0. The highest BCUT2D eigenvalue weighted by molar-refractivity contribution is 5.94. The summed E-state index contributed by atoms with van der Waals surface area (Å²) in [4.78, 5) is 14.6. The first-order valence-electron chi connectivity index (χ1n) is 8.76. The van der Waals surface area contributed by atoms with Crippen molar-refractivity contribution in [3.63, 3.8) is 0 Å². The summed E-state index contributed by atoms with van der Waals surface area (Å²) in [7, 11) is 0. The maximum Gasteiger partial charge on any atom is 0.226 e. The molecule has 0 aromatic heterocycles. The zero-order chi connectivity index (χ0) is 17.6. The second-order valence-electron chi connectivity index (χ2n) is 6.50. The summed E-state index contributed by atoms with van der Waals surface area (Å²) in [6.07, 6.45) is 1.52. The van der Waals surface area contributed by atoms with E-state index in [1.807, 2.05) is 54.6 Å². The minimum absolute atomic E-state index is 0.0964. The fourth-order valence-corrected chi connectivity index (χ4v) is 3.18. The van der Waals surface area contributed by atoms with E-state index < -0.39 is 0 Å². The number of amides is 1. The van der Waals surface area contributed by atoms with Crippen molar-refractivity contribution in [2.75, 3.05) is 23.3 Å². The smallest absolute Gasteiger partial charge is 0.226 e. The molecule has 0 bridgehead atoms. The summed E-state index contributed by atoms with van der Waals surface area (Å²) < 4.78 is 0. The number of anilines is 2. The Labute approximate surface area is 148 Å². The number of nitrogens with zero attached hydrogens (tertiary/aromatic N) is 1. The first-order valence-corrected chi connectivity index (χ1v) is 8.76. The number of nitrogens with two attached hydrogens (primary N) is 1. The second kappa shape index (κ2) is 8.14. The molecule has 132 valence electrons. The van der Waals surface area contributed by atoms with Crippen LogP contribution in [0, 0.1) is 0 Å². The number of aliphatic hydroxyl groups is 1. The van der Waals surface area contributed by atoms with Gasteiger partial charge in [0, 0.05) is 25.6 Å². The maximum absolute atomic E-state index is 12.4. The van der Waals surface area contributed by atoms with Gasteiger partial charge in [0.05, 0.1) is 17.5 Å². The monoisotopic (exact) mass is 339 g/mol. The molecule has 1 atom stereocenters. The van der Waals surface area contributed by atoms with Crippen LogP contribution in [0.4, 0.5) is 11.4 Å². The van der Waals surface area contributed by atoms with E-state index in [2.05, 4.69) is 10.2 Å². The molecule has 0 aliphatic carbocycles. The molecule has 1 heterocycles. The summed E-state index contributed by atoms with van der Waals surface area (Å²) in [6, 6.07) is 17.1. The number of hydrogen-bond acceptors (Lipinski definition) is 4. The van der Waals surface area contributed by atoms with E-state index in [1.165, 1.54) is 0 Å². The molecule has 1 unspecified atom stereocenters. The van der Waals surface area contributed by atoms with E-state index in [0.29, 0.717) is 0 Å². The molecule has 25 heavy (non-hydrogen) atoms. The third-order valence-corrected chi connectivity index (χ3v) is 4.62. The van der Waals surface area contributed by atoms with Crippen LogP contribution in [0.5, 0.6) is 0 Å². The number of nitrogens with one attached hydrogen (secondary N) is 1. The lowest BCUT2D eigenvalue weighted by atomic mass is 10.0. The van der Waals surface area contributed by atoms with E-state index in [4.69, 9.17) is 5.73 Å². The Hall–Kier alpha value is -2.37. The summed E-state index contributed by atoms with van der Waals surface area (Å²) in [5.74, 6) is -0.0964. The molecular formula is C20H25N3O2. The third-order valence-electron chi connectivity index (χ3n) is 4.62. The number of hydrogen-bond donors (Lipinski definition) is 3. The minimum Gasteiger partial charge on any atom is -0.393 e. The largest absolute Gasteiger partial charge is 0.393 e. The molecule has 3 rings (SSSR count). The van der Waals surface area contributed by atoms with Gasteiger partial charge in [-0.25, -0.2) is 0 Å². The van der Waals surface area contributed by atoms with E-state index in [0.717, 1.165) is 42.9 Å². The van der Waals surface area contributed by atoms with Crippen molar-refractivity contribution in [1.82, 2.24) is 0 Å². The predicted molar refractivity (Wildman–Crippen MR) is 101 cm³/mol. The van der Waals surface area contributed by atoms with Crippen LogP contribution in [-0.4, -0.2) is 30.2 Å². The van der Waals surface area contributed by atoms with Crippen molar-refractivity contribution < 1.29 is 9.90 Å². The first-order chi connectivity index (χ1) is 12.1. The Balaban J connectivity index is 1.65. The quantitative estimate of drug-likeness (QED) is 0.782. The van der Waals surface area contributed by atoms with Gasteiger partial charge in [-0.1, -0.05) is 42.5 Å². The van der Waals surface area contributed by atoms with Crippen LogP contribution < -0.4 is 16.0 Å². The number of aliphatic hydroxyl groups excluding tert-OH is 1. The van der Waals surface area contributed by atoms with Gasteiger partial charge in [0.15, 0.2) is 0 Å². The van der Waals surface area contributed by atoms with Crippen molar-refractivity contribution in [2.24, 2.45) is 5.73 Å². The molecule has 0 radical (unpaired) electrons. The van der Waals surface area contributed by atoms with Gasteiger partial charge < -0.3 is 21.1 Å². The lowest BCUT2D eigenvalue weighted by molar-refractivity contribution is -0.116. The molecule has 5 heteroatoms. The van der Waals surface area contributed by atoms with Gasteiger partial charge in [-0.3, -0.25) is 4.79 Å². The van der Waals surface area contributed by atoms with Crippen LogP contribution in [0.25, 0.3) is 0 Å². The summed E-state index contributed by atoms with van der Waals surface area (Å²) in [6.45, 7) is 1.58. The molecule has 1 fully saturated rings. The molecule has 1 aliphatic rings. The van der Waals surface area contributed by atoms with Crippen LogP contribution in [-0.2, 0) is 4.79 Å². The minimum atomic E-state index is -0.321. The van der Waals surface area contributed by atoms with Crippen molar-refractivity contribution in [2.45, 2.75) is 31.4 Å². The maximum atomic E-state index is 12.4. The first kappa shape index (κ1) is 17.5. The van der Waals surface area contributed by atoms with Gasteiger partial charge in [0.1, 0.15) is 0 Å². The fraction of sp³-hybridized carbons (Fsp3) is 0.350. The van der Waals surface area contributed by atoms with E-state index in [1.54, 1.807) is 0 Å². The number of carbonyl (C=O) groups excluding carboxylic acids is 1. The van der Waals surface area contributed by atoms with E-state index in [-0.39, 0.29) is 24.5 Å². The Morgan fingerprint density at radius 2 is 1.76 bits per heavy atom. The summed E-state index contributed by atoms with van der Waals surface area (Å²) in [5, 5.41) is 12.7. The standard InChI is InChI=1S/C20H25N3O2/c21-17(15-6-2-1-3-7-15)14-20(25)22-18-8-4-5-9-19(18)23-12-10-16(24)11-13-23/h1-9,16-17,24H,10-14,21H2,(H,22,25). The number of piperidine rings is 1. The second-order valence-corrected chi connectivity index (χ2v) is 6.50. The third kappa shape index (κ3) is 4.59. The topological polar surface area (TPSA) is 78.6 Å². The number of benzene rings is 2. The Morgan fingerprint density at radius 1 is 1.12 bits per heavy atom. The van der Waals surface area contributed by atoms with Crippen LogP contribution in [0.2, 0.25) is 0 Å². The number of rotatable bonds is 5. The van der Waals surface area contributed by atoms with E-state index >= 15 is 0 Å². The zero-order valence-electron chi connectivity index (χ0n) is 14.3. The SMILES string of the molecule is NC(CC(=O)Nc1ccccc1N1CCC(O)CC1)c1ccccc1. The average Bonchev–Trinajstić information content (AvgIpc) is 2.63. The Kier molecular flexibility index (Phi) is 5.68. The molecular weight excluding hydrogens is 314 g/mol. The molecule has 4 N–H and O–H groups in total. The highest BCUT2D eigenvalue weighted by Gasteiger charge is 2.20. The van der Waals surface area contributed by atoms with Crippen molar-refractivity contribution in [3.05, 3.63) is 60.2 Å². The molecule has 1 amide bonds. The fourth-order valence-electron chi connectivity index (χ4n) is 3.18. The van der Waals surface area contributed by atoms with Gasteiger partial charge >= 0.3 is 0 Å². The molecule has 2 aromatic rings. The van der Waals surface area contributed by atoms with Crippen LogP contribution in [0.15, 0.2) is 54.6 Å². The van der Waals surface area contributed by atoms with Crippen LogP contribution in [0.1, 0.15) is 30.9 Å². The lowest BCUT2D eigenvalue weighted by Crippen LogP contribution is -2.36. The normalized spacial score (nSPS) is 16.5. The molecule has 0 saturated carbocycles.